The molecule has 0 spiro atoms. The van der Waals surface area contributed by atoms with E-state index in [2.05, 4.69) is 73.1 Å². The van der Waals surface area contributed by atoms with Crippen molar-refractivity contribution >= 4 is 29.2 Å². The third-order valence-electron chi connectivity index (χ3n) is 10.9. The van der Waals surface area contributed by atoms with Crippen molar-refractivity contribution in [2.24, 2.45) is 17.8 Å². The first-order valence-corrected chi connectivity index (χ1v) is 18.6. The molecule has 4 saturated carbocycles. The number of hydrogen-bond acceptors (Lipinski definition) is 2. The lowest BCUT2D eigenvalue weighted by atomic mass is 9.48. The molecule has 1 aliphatic heterocycles. The average Bonchev–Trinajstić information content (AvgIpc) is 2.90. The highest BCUT2D eigenvalue weighted by atomic mass is 79.9. The molecule has 1 heterocycles. The maximum Gasteiger partial charge on any atom is 0.199 e. The van der Waals surface area contributed by atoms with E-state index >= 15 is 0 Å². The molecule has 7 rings (SSSR count). The van der Waals surface area contributed by atoms with Crippen LogP contribution >= 0.6 is 15.9 Å². The van der Waals surface area contributed by atoms with Gasteiger partial charge in [0.15, 0.2) is 6.29 Å². The number of ether oxygens (including phenoxy) is 2. The minimum absolute atomic E-state index is 0.126. The van der Waals surface area contributed by atoms with Gasteiger partial charge in [0, 0.05) is 22.0 Å². The first-order chi connectivity index (χ1) is 18.0. The van der Waals surface area contributed by atoms with Crippen LogP contribution in [-0.2, 0) is 10.2 Å². The van der Waals surface area contributed by atoms with Gasteiger partial charge >= 0.3 is 0 Å². The van der Waals surface area contributed by atoms with Gasteiger partial charge in [-0.3, -0.25) is 0 Å². The maximum atomic E-state index is 7.06. The van der Waals surface area contributed by atoms with Gasteiger partial charge < -0.3 is 9.47 Å². The van der Waals surface area contributed by atoms with E-state index in [1.54, 1.807) is 10.8 Å². The van der Waals surface area contributed by atoms with Crippen molar-refractivity contribution in [3.05, 3.63) is 46.4 Å². The van der Waals surface area contributed by atoms with E-state index in [-0.39, 0.29) is 11.7 Å². The Balaban J connectivity index is 1.59. The summed E-state index contributed by atoms with van der Waals surface area (Å²) >= 11 is 3.93. The van der Waals surface area contributed by atoms with Crippen LogP contribution in [0.2, 0.25) is 18.1 Å². The van der Waals surface area contributed by atoms with E-state index in [0.29, 0.717) is 0 Å². The Kier molecular flexibility index (Phi) is 7.39. The van der Waals surface area contributed by atoms with E-state index in [1.165, 1.54) is 74.2 Å². The van der Waals surface area contributed by atoms with Crippen LogP contribution in [0.5, 0.6) is 5.75 Å². The van der Waals surface area contributed by atoms with Gasteiger partial charge in [-0.2, -0.15) is 0 Å². The first-order valence-electron chi connectivity index (χ1n) is 15.2. The third-order valence-corrected chi connectivity index (χ3v) is 17.2. The van der Waals surface area contributed by atoms with Crippen molar-refractivity contribution in [1.82, 2.24) is 0 Å². The Labute approximate surface area is 234 Å². The molecule has 4 aliphatic carbocycles. The lowest BCUT2D eigenvalue weighted by Crippen LogP contribution is -2.50. The molecule has 5 aliphatic rings. The minimum Gasteiger partial charge on any atom is -0.464 e. The van der Waals surface area contributed by atoms with E-state index in [9.17, 15) is 0 Å². The number of benzene rings is 2. The van der Waals surface area contributed by atoms with Crippen molar-refractivity contribution < 1.29 is 9.47 Å². The highest BCUT2D eigenvalue weighted by Gasteiger charge is 2.53. The van der Waals surface area contributed by atoms with Crippen LogP contribution in [0.4, 0.5) is 0 Å². The van der Waals surface area contributed by atoms with Crippen LogP contribution in [-0.4, -0.2) is 21.0 Å². The minimum atomic E-state index is -1.60. The van der Waals surface area contributed by atoms with E-state index in [1.807, 2.05) is 0 Å². The smallest absolute Gasteiger partial charge is 0.199 e. The van der Waals surface area contributed by atoms with Gasteiger partial charge in [-0.1, -0.05) is 90.4 Å². The first kappa shape index (κ1) is 26.1. The van der Waals surface area contributed by atoms with Gasteiger partial charge in [0.05, 0.1) is 14.7 Å². The lowest BCUT2D eigenvalue weighted by Gasteiger charge is -2.57. The molecule has 1 atom stereocenters. The molecule has 2 aromatic rings. The van der Waals surface area contributed by atoms with Gasteiger partial charge in [-0.15, -0.1) is 0 Å². The molecule has 0 aromatic heterocycles. The summed E-state index contributed by atoms with van der Waals surface area (Å²) in [4.78, 5) is 0. The molecular formula is C33H45BrO2Si. The van der Waals surface area contributed by atoms with Crippen molar-refractivity contribution in [1.29, 1.82) is 0 Å². The van der Waals surface area contributed by atoms with Crippen LogP contribution in [0.15, 0.2) is 40.9 Å². The summed E-state index contributed by atoms with van der Waals surface area (Å²) in [5.41, 5.74) is 4.40. The second-order valence-corrected chi connectivity index (χ2v) is 18.9. The molecule has 5 fully saturated rings. The van der Waals surface area contributed by atoms with Gasteiger partial charge in [-0.05, 0) is 86.2 Å². The van der Waals surface area contributed by atoms with Crippen molar-refractivity contribution in [2.75, 3.05) is 6.61 Å². The SMILES string of the molecule is CC[Si](CC)(CC)c1cc(-c2ccccc2Br)c(OC2CCCCO2)c(C23CC4CC(CC(C4)C2)C3)c1. The Hall–Kier alpha value is -1.10. The standard InChI is InChI=1S/C33H45BrO2Si/c1-4-37(5-2,6-3)26-18-28(27-11-7-8-12-30(27)34)32(36-31-13-9-10-14-35-31)29(19-26)33-20-23-15-24(21-33)17-25(16-23)22-33/h7-8,11-12,18-19,23-25,31H,4-6,9-10,13-17,20-22H2,1-3H3. The normalized spacial score (nSPS) is 31.0. The molecule has 200 valence electrons. The Morgan fingerprint density at radius 2 is 1.54 bits per heavy atom. The zero-order valence-electron chi connectivity index (χ0n) is 23.2. The summed E-state index contributed by atoms with van der Waals surface area (Å²) in [6, 6.07) is 18.0. The highest BCUT2D eigenvalue weighted by Crippen LogP contribution is 2.62. The third kappa shape index (κ3) is 4.67. The molecule has 2 aromatic carbocycles. The van der Waals surface area contributed by atoms with Crippen molar-refractivity contribution in [2.45, 2.75) is 108 Å². The molecule has 2 nitrogen and oxygen atoms in total. The number of halogens is 1. The quantitative estimate of drug-likeness (QED) is 0.289. The predicted octanol–water partition coefficient (Wildman–Crippen LogP) is 9.20. The zero-order chi connectivity index (χ0) is 25.6. The summed E-state index contributed by atoms with van der Waals surface area (Å²) in [5, 5.41) is 1.66. The van der Waals surface area contributed by atoms with Crippen molar-refractivity contribution in [3.63, 3.8) is 0 Å². The van der Waals surface area contributed by atoms with Crippen LogP contribution < -0.4 is 9.92 Å². The molecule has 0 N–H and O–H groups in total. The van der Waals surface area contributed by atoms with Crippen LogP contribution in [0, 0.1) is 17.8 Å². The van der Waals surface area contributed by atoms with Crippen LogP contribution in [0.25, 0.3) is 11.1 Å². The summed E-state index contributed by atoms with van der Waals surface area (Å²) in [6.07, 6.45) is 11.7. The summed E-state index contributed by atoms with van der Waals surface area (Å²) < 4.78 is 14.4. The molecule has 37 heavy (non-hydrogen) atoms. The Morgan fingerprint density at radius 1 is 0.892 bits per heavy atom. The van der Waals surface area contributed by atoms with Gasteiger partial charge in [0.2, 0.25) is 0 Å². The fourth-order valence-corrected chi connectivity index (χ4v) is 13.2. The van der Waals surface area contributed by atoms with Crippen LogP contribution in [0.1, 0.15) is 84.1 Å². The molecule has 4 bridgehead atoms. The Morgan fingerprint density at radius 3 is 2.11 bits per heavy atom. The lowest BCUT2D eigenvalue weighted by molar-refractivity contribution is -0.107. The summed E-state index contributed by atoms with van der Waals surface area (Å²) in [7, 11) is -1.60. The summed E-state index contributed by atoms with van der Waals surface area (Å²) in [6.45, 7) is 8.16. The van der Waals surface area contributed by atoms with Gasteiger partial charge in [0.25, 0.3) is 0 Å². The van der Waals surface area contributed by atoms with Crippen molar-refractivity contribution in [3.8, 4) is 16.9 Å². The topological polar surface area (TPSA) is 18.5 Å². The largest absolute Gasteiger partial charge is 0.464 e. The molecule has 1 unspecified atom stereocenters. The van der Waals surface area contributed by atoms with Crippen LogP contribution in [0.3, 0.4) is 0 Å². The van der Waals surface area contributed by atoms with Gasteiger partial charge in [0.1, 0.15) is 5.75 Å². The molecular weight excluding hydrogens is 536 g/mol. The summed E-state index contributed by atoms with van der Waals surface area (Å²) in [5.74, 6) is 3.87. The number of rotatable bonds is 8. The molecule has 0 radical (unpaired) electrons. The average molecular weight is 582 g/mol. The van der Waals surface area contributed by atoms with E-state index < -0.39 is 8.07 Å². The predicted molar refractivity (Wildman–Crippen MR) is 160 cm³/mol. The second-order valence-electron chi connectivity index (χ2n) is 12.8. The fourth-order valence-electron chi connectivity index (χ4n) is 9.07. The monoisotopic (exact) mass is 580 g/mol. The molecule has 4 heteroatoms. The molecule has 1 saturated heterocycles. The van der Waals surface area contributed by atoms with E-state index in [4.69, 9.17) is 9.47 Å². The number of hydrogen-bond donors (Lipinski definition) is 0. The fraction of sp³-hybridized carbons (Fsp3) is 0.636. The highest BCUT2D eigenvalue weighted by molar-refractivity contribution is 9.10. The van der Waals surface area contributed by atoms with Gasteiger partial charge in [-0.25, -0.2) is 0 Å². The second kappa shape index (κ2) is 10.5. The molecule has 0 amide bonds. The Bertz CT molecular complexity index is 1070. The maximum absolute atomic E-state index is 7.06. The van der Waals surface area contributed by atoms with E-state index in [0.717, 1.165) is 47.4 Å². The zero-order valence-corrected chi connectivity index (χ0v) is 25.7.